The summed E-state index contributed by atoms with van der Waals surface area (Å²) in [5, 5.41) is 3.13. The average Bonchev–Trinajstić information content (AvgIpc) is 3.08. The van der Waals surface area contributed by atoms with Gasteiger partial charge in [-0.25, -0.2) is 4.98 Å². The van der Waals surface area contributed by atoms with Crippen LogP contribution in [0.15, 0.2) is 24.5 Å². The van der Waals surface area contributed by atoms with Gasteiger partial charge in [0.2, 0.25) is 5.91 Å². The van der Waals surface area contributed by atoms with Crippen LogP contribution in [-0.4, -0.2) is 40.0 Å². The first-order valence-electron chi connectivity index (χ1n) is 10.4. The van der Waals surface area contributed by atoms with Gasteiger partial charge in [-0.3, -0.25) is 9.69 Å². The SMILES string of the molecule is Cc1cc(C)c(NC(=O)CN2CCC(Cn3ccnc3C(C)C)CC2)c(C)c1. The Morgan fingerprint density at radius 2 is 1.82 bits per heavy atom. The van der Waals surface area contributed by atoms with E-state index in [0.717, 1.165) is 49.3 Å². The molecule has 0 unspecified atom stereocenters. The number of carbonyl (C=O) groups excluding carboxylic acids is 1. The molecule has 1 fully saturated rings. The van der Waals surface area contributed by atoms with Crippen LogP contribution < -0.4 is 5.32 Å². The molecule has 2 aromatic rings. The molecule has 0 saturated carbocycles. The molecule has 0 atom stereocenters. The van der Waals surface area contributed by atoms with Gasteiger partial charge in [0.25, 0.3) is 0 Å². The van der Waals surface area contributed by atoms with Gasteiger partial charge in [-0.15, -0.1) is 0 Å². The second-order valence-corrected chi connectivity index (χ2v) is 8.63. The highest BCUT2D eigenvalue weighted by Gasteiger charge is 2.22. The van der Waals surface area contributed by atoms with Crippen molar-refractivity contribution in [2.75, 3.05) is 25.0 Å². The first-order chi connectivity index (χ1) is 13.3. The molecule has 5 nitrogen and oxygen atoms in total. The molecule has 3 rings (SSSR count). The fourth-order valence-corrected chi connectivity index (χ4v) is 4.34. The number of imidazole rings is 1. The summed E-state index contributed by atoms with van der Waals surface area (Å²) in [5.41, 5.74) is 4.46. The van der Waals surface area contributed by atoms with Crippen LogP contribution >= 0.6 is 0 Å². The van der Waals surface area contributed by atoms with Gasteiger partial charge in [0, 0.05) is 30.5 Å². The minimum absolute atomic E-state index is 0.0882. The van der Waals surface area contributed by atoms with E-state index in [0.29, 0.717) is 18.4 Å². The van der Waals surface area contributed by atoms with Crippen molar-refractivity contribution in [3.05, 3.63) is 47.0 Å². The summed E-state index contributed by atoms with van der Waals surface area (Å²) < 4.78 is 2.31. The number of rotatable bonds is 6. The molecule has 28 heavy (non-hydrogen) atoms. The number of hydrogen-bond donors (Lipinski definition) is 1. The van der Waals surface area contributed by atoms with E-state index in [9.17, 15) is 4.79 Å². The molecule has 152 valence electrons. The molecule has 0 spiro atoms. The molecule has 1 saturated heterocycles. The minimum Gasteiger partial charge on any atom is -0.334 e. The Hall–Kier alpha value is -2.14. The lowest BCUT2D eigenvalue weighted by molar-refractivity contribution is -0.117. The maximum absolute atomic E-state index is 12.6. The highest BCUT2D eigenvalue weighted by atomic mass is 16.2. The van der Waals surface area contributed by atoms with Crippen molar-refractivity contribution in [2.45, 2.75) is 59.9 Å². The maximum atomic E-state index is 12.6. The van der Waals surface area contributed by atoms with Gasteiger partial charge < -0.3 is 9.88 Å². The summed E-state index contributed by atoms with van der Waals surface area (Å²) in [6, 6.07) is 4.24. The zero-order chi connectivity index (χ0) is 20.3. The molecular formula is C23H34N4O. The lowest BCUT2D eigenvalue weighted by atomic mass is 9.96. The predicted octanol–water partition coefficient (Wildman–Crippen LogP) is 4.28. The lowest BCUT2D eigenvalue weighted by Crippen LogP contribution is -2.40. The second kappa shape index (κ2) is 8.91. The molecular weight excluding hydrogens is 348 g/mol. The number of hydrogen-bond acceptors (Lipinski definition) is 3. The van der Waals surface area contributed by atoms with Crippen LogP contribution in [-0.2, 0) is 11.3 Å². The number of likely N-dealkylation sites (tertiary alicyclic amines) is 1. The molecule has 5 heteroatoms. The molecule has 0 bridgehead atoms. The van der Waals surface area contributed by atoms with Gasteiger partial charge in [-0.05, 0) is 63.7 Å². The van der Waals surface area contributed by atoms with Crippen molar-refractivity contribution in [2.24, 2.45) is 5.92 Å². The predicted molar refractivity (Wildman–Crippen MR) is 115 cm³/mol. The highest BCUT2D eigenvalue weighted by molar-refractivity contribution is 5.93. The molecule has 1 aromatic heterocycles. The fraction of sp³-hybridized carbons (Fsp3) is 0.565. The topological polar surface area (TPSA) is 50.2 Å². The zero-order valence-corrected chi connectivity index (χ0v) is 18.0. The Morgan fingerprint density at radius 3 is 2.43 bits per heavy atom. The number of carbonyl (C=O) groups is 1. The van der Waals surface area contributed by atoms with Crippen molar-refractivity contribution < 1.29 is 4.79 Å². The van der Waals surface area contributed by atoms with Gasteiger partial charge in [0.15, 0.2) is 0 Å². The quantitative estimate of drug-likeness (QED) is 0.811. The smallest absolute Gasteiger partial charge is 0.238 e. The Balaban J connectivity index is 1.49. The van der Waals surface area contributed by atoms with Crippen LogP contribution in [0, 0.1) is 26.7 Å². The van der Waals surface area contributed by atoms with E-state index in [1.165, 1.54) is 11.4 Å². The number of nitrogens with zero attached hydrogens (tertiary/aromatic N) is 3. The van der Waals surface area contributed by atoms with Crippen LogP contribution in [0.2, 0.25) is 0 Å². The summed E-state index contributed by atoms with van der Waals surface area (Å²) >= 11 is 0. The van der Waals surface area contributed by atoms with Crippen LogP contribution in [0.1, 0.15) is 55.1 Å². The van der Waals surface area contributed by atoms with E-state index in [4.69, 9.17) is 0 Å². The molecule has 1 aliphatic rings. The summed E-state index contributed by atoms with van der Waals surface area (Å²) in [6.07, 6.45) is 6.27. The maximum Gasteiger partial charge on any atom is 0.238 e. The van der Waals surface area contributed by atoms with Gasteiger partial charge >= 0.3 is 0 Å². The first-order valence-corrected chi connectivity index (χ1v) is 10.4. The van der Waals surface area contributed by atoms with E-state index in [2.05, 4.69) is 72.7 Å². The van der Waals surface area contributed by atoms with E-state index in [1.54, 1.807) is 0 Å². The Morgan fingerprint density at radius 1 is 1.18 bits per heavy atom. The van der Waals surface area contributed by atoms with Crippen molar-refractivity contribution in [1.82, 2.24) is 14.5 Å². The van der Waals surface area contributed by atoms with E-state index in [-0.39, 0.29) is 5.91 Å². The normalized spacial score (nSPS) is 15.9. The van der Waals surface area contributed by atoms with Gasteiger partial charge in [0.1, 0.15) is 5.82 Å². The Labute approximate surface area is 169 Å². The standard InChI is InChI=1S/C23H34N4O/c1-16(2)23-24-8-11-27(23)14-20-6-9-26(10-7-20)15-21(28)25-22-18(4)12-17(3)13-19(22)5/h8,11-13,16,20H,6-7,9-10,14-15H2,1-5H3,(H,25,28). The molecule has 1 amide bonds. The number of anilines is 1. The molecule has 1 aromatic carbocycles. The molecule has 1 N–H and O–H groups in total. The Kier molecular flexibility index (Phi) is 6.55. The molecule has 2 heterocycles. The van der Waals surface area contributed by atoms with E-state index in [1.807, 2.05) is 6.20 Å². The van der Waals surface area contributed by atoms with Crippen LogP contribution in [0.4, 0.5) is 5.69 Å². The summed E-state index contributed by atoms with van der Waals surface area (Å²) in [5.74, 6) is 2.37. The summed E-state index contributed by atoms with van der Waals surface area (Å²) in [7, 11) is 0. The number of benzene rings is 1. The van der Waals surface area contributed by atoms with Gasteiger partial charge in [-0.2, -0.15) is 0 Å². The minimum atomic E-state index is 0.0882. The third-order valence-corrected chi connectivity index (χ3v) is 5.73. The highest BCUT2D eigenvalue weighted by Crippen LogP contribution is 2.23. The lowest BCUT2D eigenvalue weighted by Gasteiger charge is -2.32. The van der Waals surface area contributed by atoms with Crippen LogP contribution in [0.5, 0.6) is 0 Å². The first kappa shape index (κ1) is 20.6. The summed E-state index contributed by atoms with van der Waals surface area (Å²) in [4.78, 5) is 19.3. The zero-order valence-electron chi connectivity index (χ0n) is 18.0. The number of piperidine rings is 1. The third-order valence-electron chi connectivity index (χ3n) is 5.73. The monoisotopic (exact) mass is 382 g/mol. The van der Waals surface area contributed by atoms with Crippen molar-refractivity contribution in [1.29, 1.82) is 0 Å². The number of amides is 1. The Bertz CT molecular complexity index is 793. The van der Waals surface area contributed by atoms with E-state index >= 15 is 0 Å². The molecule has 0 radical (unpaired) electrons. The fourth-order valence-electron chi connectivity index (χ4n) is 4.34. The molecule has 0 aliphatic carbocycles. The van der Waals surface area contributed by atoms with Crippen LogP contribution in [0.25, 0.3) is 0 Å². The van der Waals surface area contributed by atoms with Crippen molar-refractivity contribution in [3.63, 3.8) is 0 Å². The number of aromatic nitrogens is 2. The van der Waals surface area contributed by atoms with Crippen LogP contribution in [0.3, 0.4) is 0 Å². The third kappa shape index (κ3) is 5.02. The summed E-state index contributed by atoms with van der Waals surface area (Å²) in [6.45, 7) is 14.1. The number of aryl methyl sites for hydroxylation is 3. The molecule has 1 aliphatic heterocycles. The van der Waals surface area contributed by atoms with Crippen molar-refractivity contribution >= 4 is 11.6 Å². The van der Waals surface area contributed by atoms with Gasteiger partial charge in [-0.1, -0.05) is 31.5 Å². The van der Waals surface area contributed by atoms with E-state index < -0.39 is 0 Å². The average molecular weight is 383 g/mol. The second-order valence-electron chi connectivity index (χ2n) is 8.63. The van der Waals surface area contributed by atoms with Crippen molar-refractivity contribution in [3.8, 4) is 0 Å². The van der Waals surface area contributed by atoms with Gasteiger partial charge in [0.05, 0.1) is 6.54 Å². The largest absolute Gasteiger partial charge is 0.334 e. The number of nitrogens with one attached hydrogen (secondary N) is 1.